The van der Waals surface area contributed by atoms with Gasteiger partial charge in [0, 0.05) is 11.8 Å². The third kappa shape index (κ3) is 1.80. The lowest BCUT2D eigenvalue weighted by Crippen LogP contribution is -2.82. The minimum atomic E-state index is -0.254. The van der Waals surface area contributed by atoms with Gasteiger partial charge in [-0.3, -0.25) is 4.79 Å². The average Bonchev–Trinajstić information content (AvgIpc) is 2.61. The molecule has 23 heavy (non-hydrogen) atoms. The van der Waals surface area contributed by atoms with E-state index < -0.39 is 0 Å². The van der Waals surface area contributed by atoms with Crippen LogP contribution in [0.1, 0.15) is 25.0 Å². The fourth-order valence-corrected chi connectivity index (χ4v) is 5.99. The van der Waals surface area contributed by atoms with E-state index in [1.54, 1.807) is 0 Å². The Hall–Kier alpha value is -1.74. The van der Waals surface area contributed by atoms with Gasteiger partial charge in [0.05, 0.1) is 5.41 Å². The number of carbonyl (C=O) groups is 1. The maximum absolute atomic E-state index is 12.9. The van der Waals surface area contributed by atoms with Gasteiger partial charge in [0.2, 0.25) is 5.91 Å². The molecule has 3 atom stereocenters. The second-order valence-electron chi connectivity index (χ2n) is 6.66. The minimum Gasteiger partial charge on any atom is -0.322 e. The number of amides is 1. The molecule has 2 nitrogen and oxygen atoms in total. The summed E-state index contributed by atoms with van der Waals surface area (Å²) in [5.41, 5.74) is 2.29. The highest BCUT2D eigenvalue weighted by molar-refractivity contribution is 8.02. The summed E-state index contributed by atoms with van der Waals surface area (Å²) in [5.74, 6) is 0.309. The maximum Gasteiger partial charge on any atom is 0.234 e. The van der Waals surface area contributed by atoms with Gasteiger partial charge in [0.15, 0.2) is 0 Å². The zero-order valence-corrected chi connectivity index (χ0v) is 14.3. The zero-order valence-electron chi connectivity index (χ0n) is 13.5. The van der Waals surface area contributed by atoms with Crippen LogP contribution in [-0.4, -0.2) is 22.6 Å². The van der Waals surface area contributed by atoms with Crippen molar-refractivity contribution < 1.29 is 4.79 Å². The Morgan fingerprint density at radius 1 is 1.04 bits per heavy atom. The largest absolute Gasteiger partial charge is 0.322 e. The van der Waals surface area contributed by atoms with E-state index >= 15 is 0 Å². The second-order valence-corrected chi connectivity index (χ2v) is 8.20. The van der Waals surface area contributed by atoms with Crippen LogP contribution in [0.2, 0.25) is 0 Å². The average molecular weight is 323 g/mol. The van der Waals surface area contributed by atoms with Crippen LogP contribution in [0.25, 0.3) is 0 Å². The van der Waals surface area contributed by atoms with Crippen LogP contribution in [0.3, 0.4) is 0 Å². The molecule has 2 fully saturated rings. The molecule has 0 saturated carbocycles. The standard InChI is InChI=1S/C20H21NOS/c1-15-19(2)18(22)21(14-13-16-9-5-3-6-10-16)20(19,23-15)17-11-7-4-8-12-17/h3-12,15H,13-14H2,1-2H3/t15-,19+,20-/m1/s1. The molecular formula is C20H21NOS. The third-order valence-electron chi connectivity index (χ3n) is 5.57. The molecule has 2 aromatic carbocycles. The Kier molecular flexibility index (Phi) is 3.31. The van der Waals surface area contributed by atoms with Gasteiger partial charge >= 0.3 is 0 Å². The number of hydrogen-bond donors (Lipinski definition) is 0. The Labute approximate surface area is 141 Å². The van der Waals surface area contributed by atoms with Crippen molar-refractivity contribution in [2.24, 2.45) is 5.41 Å². The molecule has 3 heteroatoms. The number of thioether (sulfide) groups is 1. The molecule has 1 amide bonds. The van der Waals surface area contributed by atoms with Crippen molar-refractivity contribution in [2.75, 3.05) is 6.54 Å². The molecule has 0 radical (unpaired) electrons. The summed E-state index contributed by atoms with van der Waals surface area (Å²) in [6, 6.07) is 20.9. The van der Waals surface area contributed by atoms with Gasteiger partial charge in [-0.2, -0.15) is 0 Å². The van der Waals surface area contributed by atoms with Crippen LogP contribution in [0.4, 0.5) is 0 Å². The molecule has 0 unspecified atom stereocenters. The summed E-state index contributed by atoms with van der Waals surface area (Å²) in [7, 11) is 0. The fraction of sp³-hybridized carbons (Fsp3) is 0.350. The van der Waals surface area contributed by atoms with Crippen LogP contribution in [0, 0.1) is 5.41 Å². The van der Waals surface area contributed by atoms with Crippen LogP contribution in [0.5, 0.6) is 0 Å². The van der Waals surface area contributed by atoms with Crippen LogP contribution < -0.4 is 0 Å². The van der Waals surface area contributed by atoms with Crippen molar-refractivity contribution in [3.8, 4) is 0 Å². The molecule has 118 valence electrons. The molecule has 4 rings (SSSR count). The first-order chi connectivity index (χ1) is 11.1. The summed E-state index contributed by atoms with van der Waals surface area (Å²) in [5, 5.41) is 0.378. The lowest BCUT2D eigenvalue weighted by molar-refractivity contribution is -0.182. The number of nitrogens with zero attached hydrogens (tertiary/aromatic N) is 1. The van der Waals surface area contributed by atoms with Crippen LogP contribution in [0.15, 0.2) is 60.7 Å². The van der Waals surface area contributed by atoms with E-state index in [0.717, 1.165) is 13.0 Å². The van der Waals surface area contributed by atoms with Crippen molar-refractivity contribution in [3.05, 3.63) is 71.8 Å². The summed E-state index contributed by atoms with van der Waals surface area (Å²) in [6.45, 7) is 5.11. The molecule has 2 aliphatic rings. The fourth-order valence-electron chi connectivity index (χ4n) is 4.08. The van der Waals surface area contributed by atoms with Gasteiger partial charge in [-0.15, -0.1) is 11.8 Å². The van der Waals surface area contributed by atoms with E-state index in [1.807, 2.05) is 23.9 Å². The van der Waals surface area contributed by atoms with E-state index in [1.165, 1.54) is 11.1 Å². The first-order valence-corrected chi connectivity index (χ1v) is 9.08. The number of rotatable bonds is 4. The van der Waals surface area contributed by atoms with Crippen molar-refractivity contribution >= 4 is 17.7 Å². The van der Waals surface area contributed by atoms with Gasteiger partial charge in [0.1, 0.15) is 4.87 Å². The molecule has 0 bridgehead atoms. The number of benzene rings is 2. The summed E-state index contributed by atoms with van der Waals surface area (Å²) < 4.78 is 0. The quantitative estimate of drug-likeness (QED) is 0.791. The maximum atomic E-state index is 12.9. The highest BCUT2D eigenvalue weighted by Gasteiger charge is 2.79. The molecule has 0 aliphatic carbocycles. The van der Waals surface area contributed by atoms with E-state index in [-0.39, 0.29) is 10.3 Å². The second kappa shape index (κ2) is 5.13. The van der Waals surface area contributed by atoms with E-state index in [0.29, 0.717) is 11.2 Å². The molecule has 0 aromatic heterocycles. The molecule has 2 saturated heterocycles. The molecule has 2 aromatic rings. The number of fused-ring (bicyclic) bond motifs is 1. The predicted octanol–water partition coefficient (Wildman–Crippen LogP) is 4.07. The van der Waals surface area contributed by atoms with Crippen molar-refractivity contribution in [1.82, 2.24) is 4.90 Å². The Balaban J connectivity index is 1.63. The number of hydrogen-bond acceptors (Lipinski definition) is 2. The SMILES string of the molecule is C[C@H]1S[C@@]2(c3ccccc3)N(CCc3ccccc3)C(=O)[C@]12C. The van der Waals surface area contributed by atoms with E-state index in [4.69, 9.17) is 0 Å². The predicted molar refractivity (Wildman–Crippen MR) is 95.1 cm³/mol. The topological polar surface area (TPSA) is 20.3 Å². The van der Waals surface area contributed by atoms with Crippen molar-refractivity contribution in [2.45, 2.75) is 30.4 Å². The summed E-state index contributed by atoms with van der Waals surface area (Å²) in [4.78, 5) is 14.8. The summed E-state index contributed by atoms with van der Waals surface area (Å²) in [6.07, 6.45) is 0.909. The van der Waals surface area contributed by atoms with E-state index in [2.05, 4.69) is 67.3 Å². The molecule has 0 N–H and O–H groups in total. The first-order valence-electron chi connectivity index (χ1n) is 8.20. The zero-order chi connectivity index (χ0) is 16.1. The molecule has 0 spiro atoms. The van der Waals surface area contributed by atoms with Crippen LogP contribution in [-0.2, 0) is 16.1 Å². The molecular weight excluding hydrogens is 302 g/mol. The number of β-lactam (4-membered cyclic amide) rings is 1. The Morgan fingerprint density at radius 3 is 2.26 bits per heavy atom. The van der Waals surface area contributed by atoms with Crippen LogP contribution >= 0.6 is 11.8 Å². The van der Waals surface area contributed by atoms with Gasteiger partial charge in [0.25, 0.3) is 0 Å². The normalized spacial score (nSPS) is 32.0. The monoisotopic (exact) mass is 323 g/mol. The van der Waals surface area contributed by atoms with Gasteiger partial charge in [-0.25, -0.2) is 0 Å². The minimum absolute atomic E-state index is 0.167. The Bertz CT molecular complexity index is 732. The third-order valence-corrected chi connectivity index (χ3v) is 7.61. The molecule has 2 heterocycles. The highest BCUT2D eigenvalue weighted by Crippen LogP contribution is 2.74. The summed E-state index contributed by atoms with van der Waals surface area (Å²) >= 11 is 1.93. The number of carbonyl (C=O) groups excluding carboxylic acids is 1. The van der Waals surface area contributed by atoms with Gasteiger partial charge in [-0.1, -0.05) is 67.6 Å². The first kappa shape index (κ1) is 14.8. The smallest absolute Gasteiger partial charge is 0.234 e. The number of likely N-dealkylation sites (tertiary alicyclic amines) is 1. The lowest BCUT2D eigenvalue weighted by atomic mass is 9.65. The lowest BCUT2D eigenvalue weighted by Gasteiger charge is -2.73. The highest BCUT2D eigenvalue weighted by atomic mass is 32.2. The van der Waals surface area contributed by atoms with Gasteiger partial charge < -0.3 is 4.90 Å². The van der Waals surface area contributed by atoms with Gasteiger partial charge in [-0.05, 0) is 24.5 Å². The Morgan fingerprint density at radius 2 is 1.65 bits per heavy atom. The van der Waals surface area contributed by atoms with Crippen molar-refractivity contribution in [3.63, 3.8) is 0 Å². The molecule has 2 aliphatic heterocycles. The van der Waals surface area contributed by atoms with Crippen molar-refractivity contribution in [1.29, 1.82) is 0 Å². The van der Waals surface area contributed by atoms with E-state index in [9.17, 15) is 4.79 Å².